The summed E-state index contributed by atoms with van der Waals surface area (Å²) in [5, 5.41) is 0. The van der Waals surface area contributed by atoms with Gasteiger partial charge in [0, 0.05) is 0 Å². The minimum absolute atomic E-state index is 0.740. The average molecular weight is 152 g/mol. The van der Waals surface area contributed by atoms with Crippen LogP contribution in [0.1, 0.15) is 20.8 Å². The van der Waals surface area contributed by atoms with Gasteiger partial charge in [-0.2, -0.15) is 0 Å². The molecule has 0 aromatic heterocycles. The molecular weight excluding hydrogens is 134 g/mol. The van der Waals surface area contributed by atoms with Crippen LogP contribution < -0.4 is 0 Å². The molecule has 0 saturated carbocycles. The molecule has 0 rings (SSSR count). The van der Waals surface area contributed by atoms with Crippen LogP contribution in [0.25, 0.3) is 0 Å². The molecule has 0 unspecified atom stereocenters. The lowest BCUT2D eigenvalue weighted by atomic mass is 10.4. The molecule has 0 radical (unpaired) electrons. The first-order valence-electron chi connectivity index (χ1n) is 3.95. The molecule has 0 aromatic rings. The predicted octanol–water partition coefficient (Wildman–Crippen LogP) is 3.03. The van der Waals surface area contributed by atoms with Crippen molar-refractivity contribution in [3.63, 3.8) is 0 Å². The molecule has 0 atom stereocenters. The summed E-state index contributed by atoms with van der Waals surface area (Å²) in [6.07, 6.45) is 12.5. The molecule has 1 nitrogen and oxygen atoms in total. The Kier molecular flexibility index (Phi) is 4.55. The number of hydrogen-bond acceptors (Lipinski definition) is 0. The maximum Gasteiger partial charge on any atom is 0.100 e. The van der Waals surface area contributed by atoms with Gasteiger partial charge in [-0.1, -0.05) is 0 Å². The lowest BCUT2D eigenvalue weighted by Gasteiger charge is -2.19. The summed E-state index contributed by atoms with van der Waals surface area (Å²) in [5.74, 6) is 0. The van der Waals surface area contributed by atoms with Crippen molar-refractivity contribution in [3.05, 3.63) is 36.8 Å². The van der Waals surface area contributed by atoms with E-state index in [0.29, 0.717) is 0 Å². The van der Waals surface area contributed by atoms with Crippen LogP contribution in [0.2, 0.25) is 0 Å². The van der Waals surface area contributed by atoms with Crippen LogP contribution in [0, 0.1) is 0 Å². The van der Waals surface area contributed by atoms with E-state index in [0.717, 1.165) is 4.48 Å². The SMILES string of the molecule is CC=C[N+](C)(C=CC)C=CC. The molecule has 11 heavy (non-hydrogen) atoms. The quantitative estimate of drug-likeness (QED) is 0.545. The molecule has 62 valence electrons. The third-order valence-electron chi connectivity index (χ3n) is 1.41. The molecule has 0 aromatic carbocycles. The van der Waals surface area contributed by atoms with Gasteiger partial charge < -0.3 is 0 Å². The second kappa shape index (κ2) is 4.91. The summed E-state index contributed by atoms with van der Waals surface area (Å²) in [5.41, 5.74) is 0. The molecule has 0 N–H and O–H groups in total. The highest BCUT2D eigenvalue weighted by Gasteiger charge is 2.07. The molecule has 0 heterocycles. The first-order chi connectivity index (χ1) is 5.18. The maximum absolute atomic E-state index is 2.12. The Morgan fingerprint density at radius 2 is 1.00 bits per heavy atom. The van der Waals surface area contributed by atoms with E-state index in [2.05, 4.69) is 43.9 Å². The van der Waals surface area contributed by atoms with Crippen LogP contribution in [-0.2, 0) is 0 Å². The van der Waals surface area contributed by atoms with E-state index < -0.39 is 0 Å². The lowest BCUT2D eigenvalue weighted by molar-refractivity contribution is -0.750. The van der Waals surface area contributed by atoms with Crippen LogP contribution in [0.4, 0.5) is 0 Å². The standard InChI is InChI=1S/C10H18N/c1-5-8-11(4,9-6-2)10-7-3/h5-10H,1-4H3/q+1. The van der Waals surface area contributed by atoms with Crippen LogP contribution in [-0.4, -0.2) is 11.5 Å². The minimum atomic E-state index is 0.740. The highest BCUT2D eigenvalue weighted by Crippen LogP contribution is 2.06. The van der Waals surface area contributed by atoms with Gasteiger partial charge in [-0.3, -0.25) is 0 Å². The van der Waals surface area contributed by atoms with Gasteiger partial charge in [0.05, 0.1) is 7.05 Å². The van der Waals surface area contributed by atoms with Crippen molar-refractivity contribution < 1.29 is 4.48 Å². The molecule has 0 bridgehead atoms. The van der Waals surface area contributed by atoms with E-state index in [9.17, 15) is 0 Å². The highest BCUT2D eigenvalue weighted by atomic mass is 15.3. The fraction of sp³-hybridized carbons (Fsp3) is 0.400. The van der Waals surface area contributed by atoms with Crippen LogP contribution in [0.5, 0.6) is 0 Å². The largest absolute Gasteiger partial charge is 0.248 e. The van der Waals surface area contributed by atoms with E-state index >= 15 is 0 Å². The monoisotopic (exact) mass is 152 g/mol. The smallest absolute Gasteiger partial charge is 0.100 e. The van der Waals surface area contributed by atoms with Gasteiger partial charge in [0.2, 0.25) is 0 Å². The van der Waals surface area contributed by atoms with Gasteiger partial charge in [0.1, 0.15) is 18.6 Å². The molecule has 0 saturated heterocycles. The Morgan fingerprint density at radius 1 is 0.727 bits per heavy atom. The van der Waals surface area contributed by atoms with Gasteiger partial charge in [-0.15, -0.1) is 0 Å². The number of hydrogen-bond donors (Lipinski definition) is 0. The zero-order chi connectivity index (χ0) is 8.74. The van der Waals surface area contributed by atoms with Crippen molar-refractivity contribution in [1.82, 2.24) is 0 Å². The fourth-order valence-corrected chi connectivity index (χ4v) is 1.11. The summed E-state index contributed by atoms with van der Waals surface area (Å²) in [7, 11) is 2.12. The number of quaternary nitrogens is 1. The van der Waals surface area contributed by atoms with Crippen LogP contribution >= 0.6 is 0 Å². The van der Waals surface area contributed by atoms with Crippen molar-refractivity contribution in [2.75, 3.05) is 7.05 Å². The molecule has 0 aliphatic rings. The van der Waals surface area contributed by atoms with Gasteiger partial charge in [0.25, 0.3) is 0 Å². The van der Waals surface area contributed by atoms with Gasteiger partial charge >= 0.3 is 0 Å². The summed E-state index contributed by atoms with van der Waals surface area (Å²) in [4.78, 5) is 0. The molecule has 0 spiro atoms. The summed E-state index contributed by atoms with van der Waals surface area (Å²) < 4.78 is 0.740. The van der Waals surface area contributed by atoms with E-state index in [4.69, 9.17) is 0 Å². The van der Waals surface area contributed by atoms with E-state index in [1.165, 1.54) is 0 Å². The van der Waals surface area contributed by atoms with E-state index in [-0.39, 0.29) is 0 Å². The van der Waals surface area contributed by atoms with Crippen molar-refractivity contribution in [3.8, 4) is 0 Å². The number of nitrogens with zero attached hydrogens (tertiary/aromatic N) is 1. The summed E-state index contributed by atoms with van der Waals surface area (Å²) in [6.45, 7) is 6.09. The molecule has 0 aliphatic heterocycles. The normalized spacial score (nSPS) is 18.5. The zero-order valence-corrected chi connectivity index (χ0v) is 7.91. The Balaban J connectivity index is 4.51. The third-order valence-corrected chi connectivity index (χ3v) is 1.41. The molecule has 0 amide bonds. The molecule has 0 fully saturated rings. The maximum atomic E-state index is 2.12. The third kappa shape index (κ3) is 3.79. The Hall–Kier alpha value is -0.820. The topological polar surface area (TPSA) is 0 Å². The zero-order valence-electron chi connectivity index (χ0n) is 7.91. The van der Waals surface area contributed by atoms with Gasteiger partial charge in [0.15, 0.2) is 0 Å². The summed E-state index contributed by atoms with van der Waals surface area (Å²) >= 11 is 0. The fourth-order valence-electron chi connectivity index (χ4n) is 1.11. The van der Waals surface area contributed by atoms with E-state index in [1.807, 2.05) is 20.8 Å². The van der Waals surface area contributed by atoms with E-state index in [1.54, 1.807) is 0 Å². The van der Waals surface area contributed by atoms with Crippen molar-refractivity contribution in [1.29, 1.82) is 0 Å². The second-order valence-electron chi connectivity index (χ2n) is 2.67. The minimum Gasteiger partial charge on any atom is -0.248 e. The Morgan fingerprint density at radius 3 is 1.18 bits per heavy atom. The van der Waals surface area contributed by atoms with Crippen molar-refractivity contribution in [2.24, 2.45) is 0 Å². The van der Waals surface area contributed by atoms with Crippen LogP contribution in [0.15, 0.2) is 36.8 Å². The van der Waals surface area contributed by atoms with Gasteiger partial charge in [-0.05, 0) is 39.0 Å². The summed E-state index contributed by atoms with van der Waals surface area (Å²) in [6, 6.07) is 0. The van der Waals surface area contributed by atoms with Crippen molar-refractivity contribution in [2.45, 2.75) is 20.8 Å². The lowest BCUT2D eigenvalue weighted by Crippen LogP contribution is -2.23. The average Bonchev–Trinajstić information content (AvgIpc) is 1.88. The first kappa shape index (κ1) is 10.2. The molecule has 0 aliphatic carbocycles. The van der Waals surface area contributed by atoms with Crippen molar-refractivity contribution >= 4 is 0 Å². The Bertz CT molecular complexity index is 144. The highest BCUT2D eigenvalue weighted by molar-refractivity contribution is 4.83. The predicted molar refractivity (Wildman–Crippen MR) is 50.6 cm³/mol. The molecule has 1 heteroatoms. The molecular formula is C10H18N+. The van der Waals surface area contributed by atoms with Gasteiger partial charge in [-0.25, -0.2) is 4.48 Å². The van der Waals surface area contributed by atoms with Crippen LogP contribution in [0.3, 0.4) is 0 Å². The number of rotatable bonds is 3. The Labute approximate surface area is 69.9 Å². The first-order valence-corrected chi connectivity index (χ1v) is 3.95. The number of allylic oxidation sites excluding steroid dienone is 3. The second-order valence-corrected chi connectivity index (χ2v) is 2.67.